The Morgan fingerprint density at radius 1 is 0.919 bits per heavy atom. The van der Waals surface area contributed by atoms with Gasteiger partial charge in [-0.2, -0.15) is 5.10 Å². The topological polar surface area (TPSA) is 106 Å². The Hall–Kier alpha value is -2.98. The van der Waals surface area contributed by atoms with Gasteiger partial charge in [-0.05, 0) is 54.7 Å². The largest absolute Gasteiger partial charge is 0.337 e. The first-order valence-electron chi connectivity index (χ1n) is 11.9. The maximum Gasteiger partial charge on any atom is 0.328 e. The first-order valence-corrected chi connectivity index (χ1v) is 13.4. The number of sulfonamides is 1. The number of pyridine rings is 1. The summed E-state index contributed by atoms with van der Waals surface area (Å²) in [5.74, 6) is 0. The molecule has 0 saturated carbocycles. The van der Waals surface area contributed by atoms with Gasteiger partial charge in [-0.15, -0.1) is 0 Å². The Kier molecular flexibility index (Phi) is 10.0. The summed E-state index contributed by atoms with van der Waals surface area (Å²) in [6.45, 7) is 4.55. The van der Waals surface area contributed by atoms with E-state index in [1.165, 1.54) is 41.3 Å². The molecule has 37 heavy (non-hydrogen) atoms. The summed E-state index contributed by atoms with van der Waals surface area (Å²) in [6.07, 6.45) is 4.95. The second-order valence-corrected chi connectivity index (χ2v) is 9.90. The van der Waals surface area contributed by atoms with E-state index in [9.17, 15) is 13.2 Å². The number of nitrogens with zero attached hydrogens (tertiary/aromatic N) is 3. The third-order valence-electron chi connectivity index (χ3n) is 5.85. The van der Waals surface area contributed by atoms with Crippen molar-refractivity contribution in [3.05, 3.63) is 96.1 Å². The van der Waals surface area contributed by atoms with Crippen LogP contribution in [0.1, 0.15) is 30.8 Å². The maximum absolute atomic E-state index is 12.2. The summed E-state index contributed by atoms with van der Waals surface area (Å²) in [4.78, 5) is 15.8. The normalized spacial score (nSPS) is 11.0. The number of carbonyl (C=O) groups is 1. The predicted octanol–water partition coefficient (Wildman–Crippen LogP) is 3.91. The third-order valence-corrected chi connectivity index (χ3v) is 7.20. The molecule has 4 rings (SSSR count). The van der Waals surface area contributed by atoms with Crippen molar-refractivity contribution in [3.8, 4) is 16.8 Å². The van der Waals surface area contributed by atoms with Crippen LogP contribution in [0.2, 0.25) is 0 Å². The molecule has 10 heteroatoms. The van der Waals surface area contributed by atoms with E-state index in [1.807, 2.05) is 51.9 Å². The number of rotatable bonds is 9. The van der Waals surface area contributed by atoms with Crippen molar-refractivity contribution in [2.24, 2.45) is 0 Å². The summed E-state index contributed by atoms with van der Waals surface area (Å²) in [5, 5.41) is 7.51. The molecule has 0 unspecified atom stereocenters. The number of benzene rings is 2. The Morgan fingerprint density at radius 3 is 2.22 bits per heavy atom. The fraction of sp³-hybridized carbons (Fsp3) is 0.222. The van der Waals surface area contributed by atoms with E-state index < -0.39 is 16.1 Å². The molecule has 0 aliphatic rings. The quantitative estimate of drug-likeness (QED) is 0.322. The van der Waals surface area contributed by atoms with Crippen molar-refractivity contribution in [2.45, 2.75) is 38.0 Å². The van der Waals surface area contributed by atoms with Gasteiger partial charge in [0.2, 0.25) is 0 Å². The van der Waals surface area contributed by atoms with Crippen LogP contribution in [0, 0.1) is 0 Å². The molecule has 1 radical (unpaired) electrons. The van der Waals surface area contributed by atoms with Gasteiger partial charge in [0, 0.05) is 54.1 Å². The van der Waals surface area contributed by atoms with Crippen molar-refractivity contribution >= 4 is 45.6 Å². The van der Waals surface area contributed by atoms with E-state index in [4.69, 9.17) is 5.10 Å². The molecule has 0 fully saturated rings. The Balaban J connectivity index is 0.00000380. The van der Waals surface area contributed by atoms with E-state index in [0.717, 1.165) is 29.8 Å². The molecule has 2 N–H and O–H groups in total. The number of aryl methyl sites for hydroxylation is 1. The molecule has 8 nitrogen and oxygen atoms in total. The molecule has 0 bridgehead atoms. The minimum Gasteiger partial charge on any atom is -0.337 e. The number of amides is 2. The van der Waals surface area contributed by atoms with E-state index >= 15 is 0 Å². The van der Waals surface area contributed by atoms with Gasteiger partial charge in [0.25, 0.3) is 10.0 Å². The molecule has 0 saturated heterocycles. The minimum absolute atomic E-state index is 0. The molecule has 0 aliphatic heterocycles. The van der Waals surface area contributed by atoms with E-state index in [0.29, 0.717) is 6.42 Å². The van der Waals surface area contributed by atoms with Crippen molar-refractivity contribution < 1.29 is 13.2 Å². The van der Waals surface area contributed by atoms with Gasteiger partial charge >= 0.3 is 6.03 Å². The molecule has 0 spiro atoms. The first-order chi connectivity index (χ1) is 17.4. The van der Waals surface area contributed by atoms with Gasteiger partial charge < -0.3 is 5.32 Å². The second kappa shape index (κ2) is 13.0. The molecule has 2 amide bonds. The maximum atomic E-state index is 12.2. The summed E-state index contributed by atoms with van der Waals surface area (Å²) < 4.78 is 28.5. The molecule has 2 heterocycles. The molecule has 0 atom stereocenters. The fourth-order valence-corrected chi connectivity index (χ4v) is 5.00. The Bertz CT molecular complexity index is 1420. The van der Waals surface area contributed by atoms with Crippen LogP contribution >= 0.6 is 0 Å². The van der Waals surface area contributed by atoms with Crippen LogP contribution < -0.4 is 10.0 Å². The van der Waals surface area contributed by atoms with Crippen LogP contribution in [0.3, 0.4) is 0 Å². The predicted molar refractivity (Wildman–Crippen MR) is 145 cm³/mol. The average molecular weight is 527 g/mol. The van der Waals surface area contributed by atoms with Crippen LogP contribution in [0.15, 0.2) is 84.0 Å². The number of hydrogen-bond donors (Lipinski definition) is 2. The third kappa shape index (κ3) is 6.87. The van der Waals surface area contributed by atoms with Gasteiger partial charge in [0.15, 0.2) is 0 Å². The zero-order valence-electron chi connectivity index (χ0n) is 21.3. The number of urea groups is 1. The zero-order valence-corrected chi connectivity index (χ0v) is 24.1. The van der Waals surface area contributed by atoms with Crippen LogP contribution in [0.25, 0.3) is 16.8 Å². The Morgan fingerprint density at radius 2 is 1.59 bits per heavy atom. The standard InChI is InChI=1S/C27H29N5O3S.Na/c1-3-24-26(21-8-6-5-7-9-21)25(4-2)32(30-24)22-12-10-20(11-13-22)14-19-29-27(33)31-36(34,35)23-15-17-28-18-16-23;/h5-13,15-18H,3-4,14,19H2,1-2H3,(H2,29,31,33);. The van der Waals surface area contributed by atoms with Gasteiger partial charge in [-0.25, -0.2) is 22.6 Å². The summed E-state index contributed by atoms with van der Waals surface area (Å²) in [5.41, 5.74) is 6.59. The summed E-state index contributed by atoms with van der Waals surface area (Å²) in [7, 11) is -3.93. The smallest absolute Gasteiger partial charge is 0.328 e. The molecule has 2 aromatic carbocycles. The van der Waals surface area contributed by atoms with Crippen molar-refractivity contribution in [1.82, 2.24) is 24.8 Å². The molecule has 187 valence electrons. The van der Waals surface area contributed by atoms with Crippen LogP contribution in [-0.4, -0.2) is 65.3 Å². The SMILES string of the molecule is CCc1nn(-c2ccc(CCNC(=O)NS(=O)(=O)c3ccncc3)cc2)c(CC)c1-c1ccccc1.[Na]. The van der Waals surface area contributed by atoms with Crippen LogP contribution in [0.5, 0.6) is 0 Å². The molecule has 2 aromatic heterocycles. The van der Waals surface area contributed by atoms with Gasteiger partial charge in [-0.1, -0.05) is 56.3 Å². The number of carbonyl (C=O) groups excluding carboxylic acids is 1. The van der Waals surface area contributed by atoms with E-state index in [2.05, 4.69) is 36.3 Å². The zero-order chi connectivity index (χ0) is 25.5. The van der Waals surface area contributed by atoms with Gasteiger partial charge in [0.05, 0.1) is 22.0 Å². The number of hydrogen-bond acceptors (Lipinski definition) is 5. The number of nitrogens with one attached hydrogen (secondary N) is 2. The van der Waals surface area contributed by atoms with Crippen molar-refractivity contribution in [3.63, 3.8) is 0 Å². The molecular formula is C27H29N5NaO3S. The summed E-state index contributed by atoms with van der Waals surface area (Å²) in [6, 6.07) is 20.3. The van der Waals surface area contributed by atoms with E-state index in [1.54, 1.807) is 0 Å². The minimum atomic E-state index is -3.93. The molecular weight excluding hydrogens is 497 g/mol. The first kappa shape index (κ1) is 28.6. The number of aromatic nitrogens is 3. The second-order valence-electron chi connectivity index (χ2n) is 8.21. The van der Waals surface area contributed by atoms with Crippen LogP contribution in [0.4, 0.5) is 4.79 Å². The van der Waals surface area contributed by atoms with E-state index in [-0.39, 0.29) is 41.0 Å². The average Bonchev–Trinajstić information content (AvgIpc) is 3.28. The monoisotopic (exact) mass is 526 g/mol. The Labute approximate surface area is 239 Å². The fourth-order valence-electron chi connectivity index (χ4n) is 4.09. The molecule has 4 aromatic rings. The summed E-state index contributed by atoms with van der Waals surface area (Å²) >= 11 is 0. The van der Waals surface area contributed by atoms with Crippen molar-refractivity contribution in [2.75, 3.05) is 6.54 Å². The van der Waals surface area contributed by atoms with Gasteiger partial charge in [0.1, 0.15) is 0 Å². The van der Waals surface area contributed by atoms with Crippen LogP contribution in [-0.2, 0) is 29.3 Å². The van der Waals surface area contributed by atoms with Crippen molar-refractivity contribution in [1.29, 1.82) is 0 Å². The molecule has 0 aliphatic carbocycles. The van der Waals surface area contributed by atoms with Gasteiger partial charge in [-0.3, -0.25) is 4.98 Å².